The highest BCUT2D eigenvalue weighted by Gasteiger charge is 2.28. The summed E-state index contributed by atoms with van der Waals surface area (Å²) in [6.07, 6.45) is 0.987. The van der Waals surface area contributed by atoms with Crippen molar-refractivity contribution in [3.63, 3.8) is 0 Å². The number of nitro groups is 1. The van der Waals surface area contributed by atoms with E-state index in [1.807, 2.05) is 18.2 Å². The molecule has 1 fully saturated rings. The smallest absolute Gasteiger partial charge is 0.269 e. The second-order valence-electron chi connectivity index (χ2n) is 5.42. The van der Waals surface area contributed by atoms with E-state index < -0.39 is 4.92 Å². The van der Waals surface area contributed by atoms with E-state index in [-0.39, 0.29) is 30.1 Å². The number of non-ortho nitro benzene ring substituents is 1. The maximum absolute atomic E-state index is 10.7. The van der Waals surface area contributed by atoms with Gasteiger partial charge in [-0.05, 0) is 30.7 Å². The van der Waals surface area contributed by atoms with E-state index in [0.717, 1.165) is 19.5 Å². The average molecular weight is 335 g/mol. The van der Waals surface area contributed by atoms with Gasteiger partial charge in [-0.25, -0.2) is 0 Å². The van der Waals surface area contributed by atoms with Gasteiger partial charge in [0.1, 0.15) is 11.9 Å². The van der Waals surface area contributed by atoms with Crippen molar-refractivity contribution >= 4 is 18.1 Å². The summed E-state index contributed by atoms with van der Waals surface area (Å²) in [5.41, 5.74) is 1.33. The lowest BCUT2D eigenvalue weighted by atomic mass is 9.89. The molecule has 0 aromatic heterocycles. The molecular weight excluding hydrogens is 316 g/mol. The molecule has 1 aliphatic rings. The van der Waals surface area contributed by atoms with Gasteiger partial charge >= 0.3 is 0 Å². The maximum Gasteiger partial charge on any atom is 0.269 e. The van der Waals surface area contributed by atoms with Crippen LogP contribution in [0.3, 0.4) is 0 Å². The second-order valence-corrected chi connectivity index (χ2v) is 5.42. The van der Waals surface area contributed by atoms with E-state index in [4.69, 9.17) is 4.74 Å². The lowest BCUT2D eigenvalue weighted by molar-refractivity contribution is -0.384. The molecule has 1 saturated heterocycles. The fourth-order valence-electron chi connectivity index (χ4n) is 2.83. The molecule has 3 rings (SSSR count). The Hall–Kier alpha value is -2.11. The molecule has 2 atom stereocenters. The van der Waals surface area contributed by atoms with Crippen LogP contribution < -0.4 is 10.1 Å². The van der Waals surface area contributed by atoms with Gasteiger partial charge in [0.05, 0.1) is 4.92 Å². The minimum absolute atomic E-state index is 0. The van der Waals surface area contributed by atoms with E-state index in [0.29, 0.717) is 5.75 Å². The van der Waals surface area contributed by atoms with Gasteiger partial charge < -0.3 is 10.1 Å². The van der Waals surface area contributed by atoms with Crippen molar-refractivity contribution in [2.45, 2.75) is 18.4 Å². The van der Waals surface area contributed by atoms with Gasteiger partial charge in [0.25, 0.3) is 5.69 Å². The molecule has 1 heterocycles. The Labute approximate surface area is 141 Å². The Kier molecular flexibility index (Phi) is 5.96. The molecular formula is C17H19ClN2O3. The van der Waals surface area contributed by atoms with Crippen molar-refractivity contribution in [3.05, 3.63) is 70.3 Å². The lowest BCUT2D eigenvalue weighted by Crippen LogP contribution is -2.41. The van der Waals surface area contributed by atoms with Gasteiger partial charge in [-0.3, -0.25) is 10.1 Å². The van der Waals surface area contributed by atoms with Crippen LogP contribution in [-0.4, -0.2) is 24.1 Å². The third kappa shape index (κ3) is 4.21. The van der Waals surface area contributed by atoms with Crippen molar-refractivity contribution < 1.29 is 9.66 Å². The van der Waals surface area contributed by atoms with Gasteiger partial charge in [-0.1, -0.05) is 30.3 Å². The zero-order valence-corrected chi connectivity index (χ0v) is 13.4. The lowest BCUT2D eigenvalue weighted by Gasteiger charge is -2.32. The number of hydrogen-bond donors (Lipinski definition) is 1. The molecule has 2 aromatic carbocycles. The van der Waals surface area contributed by atoms with Gasteiger partial charge in [-0.15, -0.1) is 12.4 Å². The van der Waals surface area contributed by atoms with Crippen LogP contribution in [0, 0.1) is 10.1 Å². The average Bonchev–Trinajstić information content (AvgIpc) is 2.57. The summed E-state index contributed by atoms with van der Waals surface area (Å²) in [6.45, 7) is 1.79. The predicted octanol–water partition coefficient (Wildman–Crippen LogP) is 3.54. The van der Waals surface area contributed by atoms with Crippen LogP contribution >= 0.6 is 12.4 Å². The summed E-state index contributed by atoms with van der Waals surface area (Å²) in [5, 5.41) is 14.1. The van der Waals surface area contributed by atoms with Gasteiger partial charge in [0.15, 0.2) is 0 Å². The zero-order valence-electron chi connectivity index (χ0n) is 12.6. The third-order valence-electron chi connectivity index (χ3n) is 3.98. The van der Waals surface area contributed by atoms with Crippen LogP contribution in [0.4, 0.5) is 5.69 Å². The first-order valence-electron chi connectivity index (χ1n) is 7.41. The number of hydrogen-bond acceptors (Lipinski definition) is 4. The van der Waals surface area contributed by atoms with Gasteiger partial charge in [0.2, 0.25) is 0 Å². The van der Waals surface area contributed by atoms with E-state index in [1.54, 1.807) is 12.1 Å². The van der Waals surface area contributed by atoms with Crippen LogP contribution in [0.1, 0.15) is 17.9 Å². The Morgan fingerprint density at radius 3 is 2.43 bits per heavy atom. The summed E-state index contributed by atoms with van der Waals surface area (Å²) in [6, 6.07) is 16.6. The molecule has 2 aromatic rings. The molecule has 0 amide bonds. The molecule has 0 unspecified atom stereocenters. The minimum Gasteiger partial charge on any atom is -0.490 e. The highest BCUT2D eigenvalue weighted by atomic mass is 35.5. The summed E-state index contributed by atoms with van der Waals surface area (Å²) >= 11 is 0. The number of halogens is 1. The van der Waals surface area contributed by atoms with E-state index in [2.05, 4.69) is 17.4 Å². The molecule has 0 radical (unpaired) electrons. The van der Waals surface area contributed by atoms with Gasteiger partial charge in [0, 0.05) is 24.6 Å². The molecule has 0 spiro atoms. The standard InChI is InChI=1S/C17H18N2O3.ClH/c20-19(21)14-6-8-15(9-7-14)22-17-10-11-18-12-16(17)13-4-2-1-3-5-13;/h1-9,16-18H,10-12H2;1H/t16-,17+;/m1./s1. The normalized spacial score (nSPS) is 20.3. The summed E-state index contributed by atoms with van der Waals surface area (Å²) < 4.78 is 6.09. The second kappa shape index (κ2) is 7.94. The van der Waals surface area contributed by atoms with Crippen molar-refractivity contribution in [3.8, 4) is 5.75 Å². The largest absolute Gasteiger partial charge is 0.490 e. The number of nitro benzene ring substituents is 1. The van der Waals surface area contributed by atoms with Gasteiger partial charge in [-0.2, -0.15) is 0 Å². The molecule has 0 bridgehead atoms. The Morgan fingerprint density at radius 1 is 1.09 bits per heavy atom. The zero-order chi connectivity index (χ0) is 15.4. The molecule has 0 aliphatic carbocycles. The minimum atomic E-state index is -0.402. The van der Waals surface area contributed by atoms with Crippen molar-refractivity contribution in [1.29, 1.82) is 0 Å². The Morgan fingerprint density at radius 2 is 1.78 bits per heavy atom. The first kappa shape index (κ1) is 17.2. The molecule has 1 aliphatic heterocycles. The van der Waals surface area contributed by atoms with Crippen LogP contribution in [0.5, 0.6) is 5.75 Å². The van der Waals surface area contributed by atoms with Crippen LogP contribution in [0.25, 0.3) is 0 Å². The number of rotatable bonds is 4. The molecule has 5 nitrogen and oxygen atoms in total. The highest BCUT2D eigenvalue weighted by Crippen LogP contribution is 2.28. The summed E-state index contributed by atoms with van der Waals surface area (Å²) in [7, 11) is 0. The topological polar surface area (TPSA) is 64.4 Å². The Bertz CT molecular complexity index is 634. The predicted molar refractivity (Wildman–Crippen MR) is 91.4 cm³/mol. The summed E-state index contributed by atoms with van der Waals surface area (Å²) in [4.78, 5) is 10.3. The number of ether oxygens (including phenoxy) is 1. The first-order valence-corrected chi connectivity index (χ1v) is 7.41. The van der Waals surface area contributed by atoms with Crippen LogP contribution in [-0.2, 0) is 0 Å². The number of nitrogens with one attached hydrogen (secondary N) is 1. The molecule has 122 valence electrons. The number of benzene rings is 2. The van der Waals surface area contributed by atoms with E-state index in [9.17, 15) is 10.1 Å². The maximum atomic E-state index is 10.7. The monoisotopic (exact) mass is 334 g/mol. The van der Waals surface area contributed by atoms with Crippen molar-refractivity contribution in [1.82, 2.24) is 5.32 Å². The summed E-state index contributed by atoms with van der Waals surface area (Å²) in [5.74, 6) is 0.962. The van der Waals surface area contributed by atoms with Crippen LogP contribution in [0.15, 0.2) is 54.6 Å². The highest BCUT2D eigenvalue weighted by molar-refractivity contribution is 5.85. The fraction of sp³-hybridized carbons (Fsp3) is 0.294. The quantitative estimate of drug-likeness (QED) is 0.686. The molecule has 23 heavy (non-hydrogen) atoms. The third-order valence-corrected chi connectivity index (χ3v) is 3.98. The van der Waals surface area contributed by atoms with Crippen LogP contribution in [0.2, 0.25) is 0 Å². The van der Waals surface area contributed by atoms with Crippen molar-refractivity contribution in [2.24, 2.45) is 0 Å². The Balaban J connectivity index is 0.00000192. The number of nitrogens with zero attached hydrogens (tertiary/aromatic N) is 1. The molecule has 6 heteroatoms. The SMILES string of the molecule is Cl.O=[N+]([O-])c1ccc(O[C@H]2CCNC[C@@H]2c2ccccc2)cc1. The van der Waals surface area contributed by atoms with E-state index in [1.165, 1.54) is 17.7 Å². The number of piperidine rings is 1. The van der Waals surface area contributed by atoms with E-state index >= 15 is 0 Å². The first-order chi connectivity index (χ1) is 10.7. The molecule has 1 N–H and O–H groups in total. The van der Waals surface area contributed by atoms with Crippen molar-refractivity contribution in [2.75, 3.05) is 13.1 Å². The molecule has 0 saturated carbocycles. The fourth-order valence-corrected chi connectivity index (χ4v) is 2.83.